The summed E-state index contributed by atoms with van der Waals surface area (Å²) >= 11 is 0. The van der Waals surface area contributed by atoms with Crippen LogP contribution in [0.5, 0.6) is 11.5 Å². The molecule has 0 saturated carbocycles. The first kappa shape index (κ1) is 20.7. The SMILES string of the molecule is Cc1cccc(CC(=O)NC(CN2CCCC2)C(O)c2ccc3c(c2)OCCO3)c1. The highest BCUT2D eigenvalue weighted by atomic mass is 16.6. The van der Waals surface area contributed by atoms with Crippen molar-refractivity contribution in [2.45, 2.75) is 38.3 Å². The maximum Gasteiger partial charge on any atom is 0.224 e. The summed E-state index contributed by atoms with van der Waals surface area (Å²) in [6, 6.07) is 13.1. The Morgan fingerprint density at radius 1 is 1.10 bits per heavy atom. The number of nitrogens with one attached hydrogen (secondary N) is 1. The molecule has 0 bridgehead atoms. The van der Waals surface area contributed by atoms with E-state index >= 15 is 0 Å². The van der Waals surface area contributed by atoms with Crippen molar-refractivity contribution >= 4 is 5.91 Å². The van der Waals surface area contributed by atoms with Gasteiger partial charge >= 0.3 is 0 Å². The van der Waals surface area contributed by atoms with Crippen molar-refractivity contribution < 1.29 is 19.4 Å². The van der Waals surface area contributed by atoms with Gasteiger partial charge in [-0.1, -0.05) is 35.9 Å². The first-order valence-corrected chi connectivity index (χ1v) is 10.7. The Hall–Kier alpha value is -2.57. The molecular formula is C24H30N2O4. The van der Waals surface area contributed by atoms with Gasteiger partial charge in [0, 0.05) is 6.54 Å². The summed E-state index contributed by atoms with van der Waals surface area (Å²) in [5.41, 5.74) is 2.82. The molecule has 6 nitrogen and oxygen atoms in total. The van der Waals surface area contributed by atoms with Gasteiger partial charge in [-0.25, -0.2) is 0 Å². The molecule has 0 aliphatic carbocycles. The molecule has 0 aromatic heterocycles. The predicted molar refractivity (Wildman–Crippen MR) is 115 cm³/mol. The fourth-order valence-electron chi connectivity index (χ4n) is 4.21. The van der Waals surface area contributed by atoms with Gasteiger partial charge in [0.1, 0.15) is 19.3 Å². The summed E-state index contributed by atoms with van der Waals surface area (Å²) in [4.78, 5) is 15.1. The van der Waals surface area contributed by atoms with Crippen LogP contribution in [0.1, 0.15) is 35.6 Å². The zero-order valence-corrected chi connectivity index (χ0v) is 17.5. The van der Waals surface area contributed by atoms with Crippen LogP contribution in [-0.4, -0.2) is 54.8 Å². The molecule has 0 radical (unpaired) electrons. The molecule has 2 aliphatic heterocycles. The van der Waals surface area contributed by atoms with Gasteiger partial charge in [-0.3, -0.25) is 4.79 Å². The molecule has 2 aromatic carbocycles. The number of carbonyl (C=O) groups excluding carboxylic acids is 1. The van der Waals surface area contributed by atoms with Gasteiger partial charge in [-0.15, -0.1) is 0 Å². The molecule has 2 atom stereocenters. The molecule has 2 N–H and O–H groups in total. The van der Waals surface area contributed by atoms with Crippen LogP contribution >= 0.6 is 0 Å². The summed E-state index contributed by atoms with van der Waals surface area (Å²) in [5, 5.41) is 14.3. The monoisotopic (exact) mass is 410 g/mol. The molecule has 2 aromatic rings. The third-order valence-electron chi connectivity index (χ3n) is 5.74. The lowest BCUT2D eigenvalue weighted by Gasteiger charge is -2.29. The molecule has 6 heteroatoms. The number of nitrogens with zero attached hydrogens (tertiary/aromatic N) is 1. The summed E-state index contributed by atoms with van der Waals surface area (Å²) in [6.45, 7) is 5.66. The average Bonchev–Trinajstić information content (AvgIpc) is 3.25. The van der Waals surface area contributed by atoms with E-state index in [2.05, 4.69) is 10.2 Å². The Kier molecular flexibility index (Phi) is 6.55. The third kappa shape index (κ3) is 5.12. The summed E-state index contributed by atoms with van der Waals surface area (Å²) in [7, 11) is 0. The number of carbonyl (C=O) groups is 1. The lowest BCUT2D eigenvalue weighted by Crippen LogP contribution is -2.47. The fourth-order valence-corrected chi connectivity index (χ4v) is 4.21. The van der Waals surface area contributed by atoms with Crippen molar-refractivity contribution in [2.75, 3.05) is 32.8 Å². The largest absolute Gasteiger partial charge is 0.486 e. The molecular weight excluding hydrogens is 380 g/mol. The molecule has 2 unspecified atom stereocenters. The van der Waals surface area contributed by atoms with Crippen molar-refractivity contribution in [2.24, 2.45) is 0 Å². The Bertz CT molecular complexity index is 879. The maximum absolute atomic E-state index is 12.8. The van der Waals surface area contributed by atoms with Gasteiger partial charge < -0.3 is 24.8 Å². The van der Waals surface area contributed by atoms with E-state index in [1.165, 1.54) is 0 Å². The van der Waals surface area contributed by atoms with E-state index in [1.54, 1.807) is 0 Å². The number of fused-ring (bicyclic) bond motifs is 1. The van der Waals surface area contributed by atoms with Crippen molar-refractivity contribution in [1.82, 2.24) is 10.2 Å². The Balaban J connectivity index is 1.49. The molecule has 4 rings (SSSR count). The summed E-state index contributed by atoms with van der Waals surface area (Å²) in [5.74, 6) is 1.25. The first-order valence-electron chi connectivity index (χ1n) is 10.7. The highest BCUT2D eigenvalue weighted by Gasteiger charge is 2.27. The van der Waals surface area contributed by atoms with Crippen LogP contribution in [0.25, 0.3) is 0 Å². The van der Waals surface area contributed by atoms with E-state index in [0.717, 1.165) is 42.6 Å². The van der Waals surface area contributed by atoms with Crippen LogP contribution in [0.3, 0.4) is 0 Å². The van der Waals surface area contributed by atoms with Crippen LogP contribution in [0.2, 0.25) is 0 Å². The zero-order chi connectivity index (χ0) is 20.9. The summed E-state index contributed by atoms with van der Waals surface area (Å²) in [6.07, 6.45) is 1.78. The molecule has 30 heavy (non-hydrogen) atoms. The minimum absolute atomic E-state index is 0.0820. The van der Waals surface area contributed by atoms with Gasteiger partial charge in [0.15, 0.2) is 11.5 Å². The topological polar surface area (TPSA) is 71.0 Å². The van der Waals surface area contributed by atoms with Crippen LogP contribution in [0.4, 0.5) is 0 Å². The number of hydrogen-bond acceptors (Lipinski definition) is 5. The Labute approximate surface area is 177 Å². The molecule has 1 saturated heterocycles. The van der Waals surface area contributed by atoms with Crippen molar-refractivity contribution in [1.29, 1.82) is 0 Å². The van der Waals surface area contributed by atoms with Gasteiger partial charge in [0.25, 0.3) is 0 Å². The van der Waals surface area contributed by atoms with Crippen molar-refractivity contribution in [3.63, 3.8) is 0 Å². The number of likely N-dealkylation sites (tertiary alicyclic amines) is 1. The minimum Gasteiger partial charge on any atom is -0.486 e. The average molecular weight is 411 g/mol. The second-order valence-corrected chi connectivity index (χ2v) is 8.20. The number of hydrogen-bond donors (Lipinski definition) is 2. The Morgan fingerprint density at radius 2 is 1.87 bits per heavy atom. The van der Waals surface area contributed by atoms with E-state index in [1.807, 2.05) is 49.4 Å². The van der Waals surface area contributed by atoms with Gasteiger partial charge in [0.2, 0.25) is 5.91 Å². The van der Waals surface area contributed by atoms with E-state index in [9.17, 15) is 9.90 Å². The van der Waals surface area contributed by atoms with Gasteiger partial charge in [0.05, 0.1) is 12.5 Å². The molecule has 2 aliphatic rings. The van der Waals surface area contributed by atoms with E-state index in [0.29, 0.717) is 37.7 Å². The van der Waals surface area contributed by atoms with Crippen molar-refractivity contribution in [3.8, 4) is 11.5 Å². The highest BCUT2D eigenvalue weighted by Crippen LogP contribution is 2.33. The molecule has 160 valence electrons. The molecule has 2 heterocycles. The first-order chi connectivity index (χ1) is 14.6. The second kappa shape index (κ2) is 9.49. The standard InChI is InChI=1S/C24H30N2O4/c1-17-5-4-6-18(13-17)14-23(27)25-20(16-26-9-2-3-10-26)24(28)19-7-8-21-22(15-19)30-12-11-29-21/h4-8,13,15,20,24,28H,2-3,9-12,14,16H2,1H3,(H,25,27). The highest BCUT2D eigenvalue weighted by molar-refractivity contribution is 5.79. The number of aliphatic hydroxyl groups excluding tert-OH is 1. The minimum atomic E-state index is -0.831. The lowest BCUT2D eigenvalue weighted by atomic mass is 10.00. The quantitative estimate of drug-likeness (QED) is 0.734. The van der Waals surface area contributed by atoms with Crippen LogP contribution in [-0.2, 0) is 11.2 Å². The van der Waals surface area contributed by atoms with E-state index in [4.69, 9.17) is 9.47 Å². The molecule has 1 fully saturated rings. The molecule has 0 spiro atoms. The predicted octanol–water partition coefficient (Wildman–Crippen LogP) is 2.62. The third-order valence-corrected chi connectivity index (χ3v) is 5.74. The number of aliphatic hydroxyl groups is 1. The number of aryl methyl sites for hydroxylation is 1. The van der Waals surface area contributed by atoms with E-state index in [-0.39, 0.29) is 5.91 Å². The number of amides is 1. The maximum atomic E-state index is 12.8. The number of benzene rings is 2. The lowest BCUT2D eigenvalue weighted by molar-refractivity contribution is -0.122. The normalized spacial score (nSPS) is 18.1. The van der Waals surface area contributed by atoms with Crippen LogP contribution in [0.15, 0.2) is 42.5 Å². The Morgan fingerprint density at radius 3 is 2.63 bits per heavy atom. The van der Waals surface area contributed by atoms with Gasteiger partial charge in [-0.2, -0.15) is 0 Å². The van der Waals surface area contributed by atoms with Gasteiger partial charge in [-0.05, 0) is 56.1 Å². The number of ether oxygens (including phenoxy) is 2. The summed E-state index contributed by atoms with van der Waals surface area (Å²) < 4.78 is 11.2. The zero-order valence-electron chi connectivity index (χ0n) is 17.5. The smallest absolute Gasteiger partial charge is 0.224 e. The second-order valence-electron chi connectivity index (χ2n) is 8.20. The van der Waals surface area contributed by atoms with Crippen LogP contribution in [0, 0.1) is 6.92 Å². The van der Waals surface area contributed by atoms with Crippen LogP contribution < -0.4 is 14.8 Å². The van der Waals surface area contributed by atoms with E-state index < -0.39 is 12.1 Å². The fraction of sp³-hybridized carbons (Fsp3) is 0.458. The molecule has 1 amide bonds. The number of rotatable bonds is 7. The van der Waals surface area contributed by atoms with Crippen molar-refractivity contribution in [3.05, 3.63) is 59.2 Å².